The van der Waals surface area contributed by atoms with Gasteiger partial charge in [0, 0.05) is 6.42 Å². The van der Waals surface area contributed by atoms with Gasteiger partial charge in [-0.25, -0.2) is 0 Å². The Kier molecular flexibility index (Phi) is 4.21. The standard InChI is InChI=1S/C15H21NO/c1-12(3-2-9-16)4-5-13-6-7-15-14(11-13)8-10-17-15/h3,6-7,11H,2,4-5,8-10,16H2,1H3. The highest BCUT2D eigenvalue weighted by atomic mass is 16.5. The normalized spacial score (nSPS) is 14.6. The third-order valence-corrected chi connectivity index (χ3v) is 3.22. The van der Waals surface area contributed by atoms with Crippen molar-refractivity contribution in [3.63, 3.8) is 0 Å². The minimum atomic E-state index is 0.744. The molecule has 0 atom stereocenters. The van der Waals surface area contributed by atoms with Gasteiger partial charge < -0.3 is 10.5 Å². The number of aryl methyl sites for hydroxylation is 1. The largest absolute Gasteiger partial charge is 0.493 e. The van der Waals surface area contributed by atoms with Crippen molar-refractivity contribution in [1.82, 2.24) is 0 Å². The number of fused-ring (bicyclic) bond motifs is 1. The topological polar surface area (TPSA) is 35.2 Å². The van der Waals surface area contributed by atoms with E-state index in [0.29, 0.717) is 0 Å². The molecule has 0 saturated carbocycles. The first-order valence-corrected chi connectivity index (χ1v) is 6.40. The van der Waals surface area contributed by atoms with Crippen LogP contribution in [0.3, 0.4) is 0 Å². The van der Waals surface area contributed by atoms with Gasteiger partial charge in [0.25, 0.3) is 0 Å². The molecule has 17 heavy (non-hydrogen) atoms. The molecular formula is C15H21NO. The Morgan fingerprint density at radius 1 is 1.47 bits per heavy atom. The van der Waals surface area contributed by atoms with E-state index in [4.69, 9.17) is 10.5 Å². The number of hydrogen-bond acceptors (Lipinski definition) is 2. The van der Waals surface area contributed by atoms with Crippen molar-refractivity contribution in [3.8, 4) is 5.75 Å². The smallest absolute Gasteiger partial charge is 0.122 e. The van der Waals surface area contributed by atoms with Gasteiger partial charge in [-0.3, -0.25) is 0 Å². The Morgan fingerprint density at radius 2 is 2.35 bits per heavy atom. The van der Waals surface area contributed by atoms with E-state index in [2.05, 4.69) is 31.2 Å². The minimum Gasteiger partial charge on any atom is -0.493 e. The number of benzene rings is 1. The molecule has 1 heterocycles. The average Bonchev–Trinajstić information content (AvgIpc) is 2.81. The Bertz CT molecular complexity index is 409. The van der Waals surface area contributed by atoms with Crippen LogP contribution in [0.15, 0.2) is 29.8 Å². The summed E-state index contributed by atoms with van der Waals surface area (Å²) in [6.07, 6.45) is 6.53. The third-order valence-electron chi connectivity index (χ3n) is 3.22. The molecule has 0 fully saturated rings. The van der Waals surface area contributed by atoms with Crippen LogP contribution >= 0.6 is 0 Å². The maximum Gasteiger partial charge on any atom is 0.122 e. The lowest BCUT2D eigenvalue weighted by Gasteiger charge is -2.05. The molecule has 1 aliphatic heterocycles. The van der Waals surface area contributed by atoms with E-state index >= 15 is 0 Å². The molecule has 0 amide bonds. The Morgan fingerprint density at radius 3 is 3.18 bits per heavy atom. The number of ether oxygens (including phenoxy) is 1. The monoisotopic (exact) mass is 231 g/mol. The van der Waals surface area contributed by atoms with Gasteiger partial charge in [0.15, 0.2) is 0 Å². The minimum absolute atomic E-state index is 0.744. The SMILES string of the molecule is CC(=CCCN)CCc1ccc2c(c1)CCO2. The zero-order chi connectivity index (χ0) is 12.1. The average molecular weight is 231 g/mol. The number of allylic oxidation sites excluding steroid dienone is 1. The van der Waals surface area contributed by atoms with E-state index in [1.165, 1.54) is 16.7 Å². The summed E-state index contributed by atoms with van der Waals surface area (Å²) in [5.41, 5.74) is 9.70. The maximum atomic E-state index is 5.51. The van der Waals surface area contributed by atoms with Crippen LogP contribution in [0.5, 0.6) is 5.75 Å². The Balaban J connectivity index is 1.91. The van der Waals surface area contributed by atoms with E-state index in [1.54, 1.807) is 0 Å². The van der Waals surface area contributed by atoms with Gasteiger partial charge in [0.1, 0.15) is 5.75 Å². The van der Waals surface area contributed by atoms with Crippen molar-refractivity contribution < 1.29 is 4.74 Å². The predicted molar refractivity (Wildman–Crippen MR) is 71.4 cm³/mol. The van der Waals surface area contributed by atoms with Crippen LogP contribution < -0.4 is 10.5 Å². The summed E-state index contributed by atoms with van der Waals surface area (Å²) in [6.45, 7) is 3.77. The molecule has 2 N–H and O–H groups in total. The molecule has 2 nitrogen and oxygen atoms in total. The highest BCUT2D eigenvalue weighted by Crippen LogP contribution is 2.26. The molecule has 2 rings (SSSR count). The quantitative estimate of drug-likeness (QED) is 0.791. The van der Waals surface area contributed by atoms with Gasteiger partial charge in [0.2, 0.25) is 0 Å². The molecule has 1 aromatic rings. The first-order chi connectivity index (χ1) is 8.29. The van der Waals surface area contributed by atoms with Gasteiger partial charge in [0.05, 0.1) is 6.61 Å². The molecule has 0 bridgehead atoms. The molecular weight excluding hydrogens is 210 g/mol. The van der Waals surface area contributed by atoms with E-state index in [9.17, 15) is 0 Å². The van der Waals surface area contributed by atoms with Crippen LogP contribution in [0.25, 0.3) is 0 Å². The molecule has 0 saturated heterocycles. The Labute approximate surface area is 103 Å². The van der Waals surface area contributed by atoms with Gasteiger partial charge in [-0.1, -0.05) is 23.8 Å². The molecule has 1 aromatic carbocycles. The summed E-state index contributed by atoms with van der Waals surface area (Å²) in [5, 5.41) is 0. The van der Waals surface area contributed by atoms with Crippen LogP contribution in [0.1, 0.15) is 30.9 Å². The first-order valence-electron chi connectivity index (χ1n) is 6.40. The van der Waals surface area contributed by atoms with E-state index < -0.39 is 0 Å². The fraction of sp³-hybridized carbons (Fsp3) is 0.467. The zero-order valence-electron chi connectivity index (χ0n) is 10.5. The first kappa shape index (κ1) is 12.2. The summed E-state index contributed by atoms with van der Waals surface area (Å²) < 4.78 is 5.51. The second-order valence-corrected chi connectivity index (χ2v) is 4.67. The van der Waals surface area contributed by atoms with Crippen molar-refractivity contribution in [3.05, 3.63) is 41.0 Å². The summed E-state index contributed by atoms with van der Waals surface area (Å²) >= 11 is 0. The van der Waals surface area contributed by atoms with Crippen LogP contribution in [0, 0.1) is 0 Å². The lowest BCUT2D eigenvalue weighted by atomic mass is 10.0. The molecule has 1 aliphatic rings. The van der Waals surface area contributed by atoms with Crippen molar-refractivity contribution in [2.45, 2.75) is 32.6 Å². The van der Waals surface area contributed by atoms with Gasteiger partial charge in [-0.05, 0) is 49.9 Å². The second kappa shape index (κ2) is 5.87. The fourth-order valence-electron chi connectivity index (χ4n) is 2.17. The lowest BCUT2D eigenvalue weighted by Crippen LogP contribution is -1.96. The highest BCUT2D eigenvalue weighted by Gasteiger charge is 2.11. The van der Waals surface area contributed by atoms with Gasteiger partial charge >= 0.3 is 0 Å². The van der Waals surface area contributed by atoms with Crippen LogP contribution in [0.4, 0.5) is 0 Å². The number of hydrogen-bond donors (Lipinski definition) is 1. The molecule has 92 valence electrons. The lowest BCUT2D eigenvalue weighted by molar-refractivity contribution is 0.357. The summed E-state index contributed by atoms with van der Waals surface area (Å²) in [5.74, 6) is 1.07. The van der Waals surface area contributed by atoms with Crippen LogP contribution in [-0.2, 0) is 12.8 Å². The van der Waals surface area contributed by atoms with Crippen molar-refractivity contribution in [2.75, 3.05) is 13.2 Å². The maximum absolute atomic E-state index is 5.51. The third kappa shape index (κ3) is 3.34. The van der Waals surface area contributed by atoms with E-state index in [-0.39, 0.29) is 0 Å². The number of rotatable bonds is 5. The molecule has 0 spiro atoms. The second-order valence-electron chi connectivity index (χ2n) is 4.67. The Hall–Kier alpha value is -1.28. The molecule has 0 aromatic heterocycles. The molecule has 0 radical (unpaired) electrons. The molecule has 0 unspecified atom stereocenters. The summed E-state index contributed by atoms with van der Waals surface area (Å²) in [6, 6.07) is 6.58. The molecule has 2 heteroatoms. The molecule has 0 aliphatic carbocycles. The van der Waals surface area contributed by atoms with Gasteiger partial charge in [-0.2, -0.15) is 0 Å². The number of nitrogens with two attached hydrogens (primary N) is 1. The fourth-order valence-corrected chi connectivity index (χ4v) is 2.17. The highest BCUT2D eigenvalue weighted by molar-refractivity contribution is 5.39. The summed E-state index contributed by atoms with van der Waals surface area (Å²) in [4.78, 5) is 0. The van der Waals surface area contributed by atoms with Crippen molar-refractivity contribution in [1.29, 1.82) is 0 Å². The zero-order valence-corrected chi connectivity index (χ0v) is 10.5. The van der Waals surface area contributed by atoms with Crippen LogP contribution in [0.2, 0.25) is 0 Å². The summed E-state index contributed by atoms with van der Waals surface area (Å²) in [7, 11) is 0. The van der Waals surface area contributed by atoms with E-state index in [0.717, 1.165) is 44.6 Å². The van der Waals surface area contributed by atoms with Crippen molar-refractivity contribution in [2.24, 2.45) is 5.73 Å². The van der Waals surface area contributed by atoms with E-state index in [1.807, 2.05) is 0 Å². The van der Waals surface area contributed by atoms with Gasteiger partial charge in [-0.15, -0.1) is 0 Å². The predicted octanol–water partition coefficient (Wildman–Crippen LogP) is 2.85. The van der Waals surface area contributed by atoms with Crippen LogP contribution in [-0.4, -0.2) is 13.2 Å². The van der Waals surface area contributed by atoms with Crippen molar-refractivity contribution >= 4 is 0 Å².